The molecule has 0 N–H and O–H groups in total. The Morgan fingerprint density at radius 3 is 2.48 bits per heavy atom. The number of rotatable bonds is 6. The van der Waals surface area contributed by atoms with Crippen molar-refractivity contribution >= 4 is 33.4 Å². The fourth-order valence-electron chi connectivity index (χ4n) is 4.26. The highest BCUT2D eigenvalue weighted by Crippen LogP contribution is 2.34. The number of benzene rings is 2. The zero-order chi connectivity index (χ0) is 22.0. The molecule has 4 rings (SSSR count). The van der Waals surface area contributed by atoms with Gasteiger partial charge in [-0.25, -0.2) is 13.2 Å². The highest BCUT2D eigenvalue weighted by atomic mass is 35.5. The second-order valence-electron chi connectivity index (χ2n) is 8.08. The fourth-order valence-corrected chi connectivity index (χ4v) is 5.92. The van der Waals surface area contributed by atoms with Gasteiger partial charge >= 0.3 is 6.09 Å². The number of sulfonamides is 1. The molecule has 0 spiro atoms. The molecule has 1 saturated heterocycles. The van der Waals surface area contributed by atoms with Crippen molar-refractivity contribution in [1.82, 2.24) is 4.31 Å². The number of aryl methyl sites for hydroxylation is 1. The Morgan fingerprint density at radius 2 is 1.81 bits per heavy atom. The Kier molecular flexibility index (Phi) is 6.55. The van der Waals surface area contributed by atoms with Gasteiger partial charge < -0.3 is 4.74 Å². The smallest absolute Gasteiger partial charge is 0.414 e. The van der Waals surface area contributed by atoms with Gasteiger partial charge in [-0.15, -0.1) is 0 Å². The molecule has 31 heavy (non-hydrogen) atoms. The minimum atomic E-state index is -3.55. The maximum absolute atomic E-state index is 13.1. The number of hydrogen-bond acceptors (Lipinski definition) is 4. The molecule has 0 atom stereocenters. The molecule has 0 aliphatic carbocycles. The number of ether oxygens (including phenoxy) is 1. The number of nitrogens with zero attached hydrogens (tertiary/aromatic N) is 2. The molecule has 1 amide bonds. The van der Waals surface area contributed by atoms with E-state index in [0.717, 1.165) is 36.1 Å². The van der Waals surface area contributed by atoms with Crippen LogP contribution in [0.25, 0.3) is 0 Å². The largest absolute Gasteiger partial charge is 0.444 e. The third-order valence-electron chi connectivity index (χ3n) is 6.02. The first kappa shape index (κ1) is 22.1. The normalized spacial score (nSPS) is 18.0. The highest BCUT2D eigenvalue weighted by Gasteiger charge is 2.37. The Balaban J connectivity index is 1.45. The van der Waals surface area contributed by atoms with Crippen LogP contribution in [0.1, 0.15) is 43.7 Å². The van der Waals surface area contributed by atoms with E-state index in [-0.39, 0.29) is 12.6 Å². The molecule has 166 valence electrons. The number of carbonyl (C=O) groups excluding carboxylic acids is 1. The van der Waals surface area contributed by atoms with E-state index >= 15 is 0 Å². The molecular weight excluding hydrogens is 436 g/mol. The van der Waals surface area contributed by atoms with Crippen LogP contribution >= 0.6 is 11.6 Å². The molecular formula is C23H27ClN2O4S. The SMILES string of the molecule is CCCCc1ccc(S(=O)(=O)N2CCC(N3C(=O)OCc4cc(Cl)ccc43)CC2)cc1. The quantitative estimate of drug-likeness (QED) is 0.606. The van der Waals surface area contributed by atoms with Crippen molar-refractivity contribution in [3.05, 3.63) is 58.6 Å². The summed E-state index contributed by atoms with van der Waals surface area (Å²) in [5.41, 5.74) is 2.82. The van der Waals surface area contributed by atoms with E-state index in [2.05, 4.69) is 6.92 Å². The van der Waals surface area contributed by atoms with Crippen LogP contribution in [-0.4, -0.2) is 37.9 Å². The number of piperidine rings is 1. The minimum Gasteiger partial charge on any atom is -0.444 e. The van der Waals surface area contributed by atoms with Crippen molar-refractivity contribution in [1.29, 1.82) is 0 Å². The summed E-state index contributed by atoms with van der Waals surface area (Å²) in [6.45, 7) is 3.06. The third kappa shape index (κ3) is 4.59. The summed E-state index contributed by atoms with van der Waals surface area (Å²) in [7, 11) is -3.55. The van der Waals surface area contributed by atoms with Crippen LogP contribution in [0.15, 0.2) is 47.4 Å². The lowest BCUT2D eigenvalue weighted by atomic mass is 10.0. The zero-order valence-corrected chi connectivity index (χ0v) is 19.2. The van der Waals surface area contributed by atoms with Crippen LogP contribution < -0.4 is 4.90 Å². The first-order valence-electron chi connectivity index (χ1n) is 10.7. The average molecular weight is 463 g/mol. The van der Waals surface area contributed by atoms with Gasteiger partial charge in [-0.1, -0.05) is 37.1 Å². The van der Waals surface area contributed by atoms with Crippen molar-refractivity contribution in [3.8, 4) is 0 Å². The van der Waals surface area contributed by atoms with E-state index in [4.69, 9.17) is 16.3 Å². The van der Waals surface area contributed by atoms with Gasteiger partial charge in [-0.05, 0) is 61.6 Å². The van der Waals surface area contributed by atoms with E-state index in [1.165, 1.54) is 4.31 Å². The zero-order valence-electron chi connectivity index (χ0n) is 17.6. The van der Waals surface area contributed by atoms with Crippen LogP contribution in [0.5, 0.6) is 0 Å². The molecule has 2 aliphatic rings. The summed E-state index contributed by atoms with van der Waals surface area (Å²) < 4.78 is 33.0. The van der Waals surface area contributed by atoms with E-state index in [0.29, 0.717) is 35.8 Å². The maximum atomic E-state index is 13.1. The third-order valence-corrected chi connectivity index (χ3v) is 8.17. The number of carbonyl (C=O) groups is 1. The van der Waals surface area contributed by atoms with Crippen LogP contribution in [-0.2, 0) is 27.8 Å². The standard InChI is InChI=1S/C23H27ClN2O4S/c1-2-3-4-17-5-8-21(9-6-17)31(28,29)25-13-11-20(12-14-25)26-22-10-7-19(24)15-18(22)16-30-23(26)27/h5-10,15,20H,2-4,11-14,16H2,1H3. The molecule has 0 unspecified atom stereocenters. The molecule has 0 bridgehead atoms. The fraction of sp³-hybridized carbons (Fsp3) is 0.435. The number of unbranched alkanes of at least 4 members (excludes halogenated alkanes) is 1. The van der Waals surface area contributed by atoms with Crippen molar-refractivity contribution in [2.45, 2.75) is 56.6 Å². The topological polar surface area (TPSA) is 66.9 Å². The van der Waals surface area contributed by atoms with Crippen LogP contribution in [0.3, 0.4) is 0 Å². The second-order valence-corrected chi connectivity index (χ2v) is 10.5. The monoisotopic (exact) mass is 462 g/mol. The molecule has 2 heterocycles. The van der Waals surface area contributed by atoms with Gasteiger partial charge in [0, 0.05) is 29.7 Å². The lowest BCUT2D eigenvalue weighted by Gasteiger charge is -2.39. The molecule has 8 heteroatoms. The molecule has 6 nitrogen and oxygen atoms in total. The predicted molar refractivity (Wildman–Crippen MR) is 121 cm³/mol. The summed E-state index contributed by atoms with van der Waals surface area (Å²) in [6.07, 6.45) is 3.86. The number of amides is 1. The van der Waals surface area contributed by atoms with E-state index in [1.54, 1.807) is 29.2 Å². The lowest BCUT2D eigenvalue weighted by molar-refractivity contribution is 0.136. The van der Waals surface area contributed by atoms with Crippen molar-refractivity contribution in [2.24, 2.45) is 0 Å². The summed E-state index contributed by atoms with van der Waals surface area (Å²) >= 11 is 6.08. The molecule has 0 radical (unpaired) electrons. The molecule has 2 aromatic carbocycles. The summed E-state index contributed by atoms with van der Waals surface area (Å²) in [6, 6.07) is 12.5. The van der Waals surface area contributed by atoms with Gasteiger partial charge in [-0.3, -0.25) is 4.90 Å². The van der Waals surface area contributed by atoms with Crippen molar-refractivity contribution < 1.29 is 17.9 Å². The maximum Gasteiger partial charge on any atom is 0.414 e. The average Bonchev–Trinajstić information content (AvgIpc) is 2.78. The first-order chi connectivity index (χ1) is 14.9. The minimum absolute atomic E-state index is 0.115. The molecule has 0 saturated carbocycles. The number of cyclic esters (lactones) is 1. The van der Waals surface area contributed by atoms with Crippen LogP contribution in [0, 0.1) is 0 Å². The summed E-state index contributed by atoms with van der Waals surface area (Å²) in [5.74, 6) is 0. The summed E-state index contributed by atoms with van der Waals surface area (Å²) in [5, 5.41) is 0.596. The van der Waals surface area contributed by atoms with Crippen molar-refractivity contribution in [3.63, 3.8) is 0 Å². The Morgan fingerprint density at radius 1 is 1.10 bits per heavy atom. The molecule has 0 aromatic heterocycles. The van der Waals surface area contributed by atoms with E-state index < -0.39 is 16.1 Å². The number of fused-ring (bicyclic) bond motifs is 1. The van der Waals surface area contributed by atoms with Gasteiger partial charge in [0.1, 0.15) is 6.61 Å². The number of hydrogen-bond donors (Lipinski definition) is 0. The van der Waals surface area contributed by atoms with Crippen molar-refractivity contribution in [2.75, 3.05) is 18.0 Å². The second kappa shape index (κ2) is 9.18. The Labute approximate surface area is 188 Å². The van der Waals surface area contributed by atoms with Crippen LogP contribution in [0.2, 0.25) is 5.02 Å². The number of halogens is 1. The van der Waals surface area contributed by atoms with Gasteiger partial charge in [-0.2, -0.15) is 4.31 Å². The number of anilines is 1. The van der Waals surface area contributed by atoms with Gasteiger partial charge in [0.15, 0.2) is 0 Å². The summed E-state index contributed by atoms with van der Waals surface area (Å²) in [4.78, 5) is 14.5. The van der Waals surface area contributed by atoms with E-state index in [1.807, 2.05) is 18.2 Å². The Bertz CT molecular complexity index is 1050. The highest BCUT2D eigenvalue weighted by molar-refractivity contribution is 7.89. The van der Waals surface area contributed by atoms with Crippen LogP contribution in [0.4, 0.5) is 10.5 Å². The van der Waals surface area contributed by atoms with Gasteiger partial charge in [0.2, 0.25) is 10.0 Å². The lowest BCUT2D eigenvalue weighted by Crippen LogP contribution is -2.50. The van der Waals surface area contributed by atoms with E-state index in [9.17, 15) is 13.2 Å². The van der Waals surface area contributed by atoms with Gasteiger partial charge in [0.25, 0.3) is 0 Å². The first-order valence-corrected chi connectivity index (χ1v) is 12.6. The van der Waals surface area contributed by atoms with Gasteiger partial charge in [0.05, 0.1) is 10.6 Å². The Hall–Kier alpha value is -2.09. The molecule has 2 aliphatic heterocycles. The predicted octanol–water partition coefficient (Wildman–Crippen LogP) is 4.99. The molecule has 1 fully saturated rings. The molecule has 2 aromatic rings.